The van der Waals surface area contributed by atoms with Gasteiger partial charge in [-0.05, 0) is 42.7 Å². The maximum atomic E-state index is 12.4. The van der Waals surface area contributed by atoms with Gasteiger partial charge in [-0.15, -0.1) is 0 Å². The molecule has 0 fully saturated rings. The van der Waals surface area contributed by atoms with Crippen LogP contribution in [0.4, 0.5) is 5.69 Å². The summed E-state index contributed by atoms with van der Waals surface area (Å²) in [5.41, 5.74) is 4.25. The van der Waals surface area contributed by atoms with Gasteiger partial charge in [-0.25, -0.2) is 0 Å². The number of rotatable bonds is 8. The molecule has 2 aromatic rings. The summed E-state index contributed by atoms with van der Waals surface area (Å²) in [6, 6.07) is 12.0. The van der Waals surface area contributed by atoms with Gasteiger partial charge in [0.05, 0.1) is 27.8 Å². The van der Waals surface area contributed by atoms with Crippen molar-refractivity contribution < 1.29 is 19.2 Å². The van der Waals surface area contributed by atoms with Crippen LogP contribution >= 0.6 is 0 Å². The summed E-state index contributed by atoms with van der Waals surface area (Å²) in [4.78, 5) is 13.5. The van der Waals surface area contributed by atoms with E-state index in [0.717, 1.165) is 51.7 Å². The number of carbonyl (C=O) groups is 1. The van der Waals surface area contributed by atoms with Crippen LogP contribution < -0.4 is 19.7 Å². The van der Waals surface area contributed by atoms with Gasteiger partial charge < -0.3 is 19.7 Å². The molecule has 0 aromatic heterocycles. The Bertz CT molecular complexity index is 739. The molecule has 5 heteroatoms. The fourth-order valence-corrected chi connectivity index (χ4v) is 2.95. The highest BCUT2D eigenvalue weighted by Crippen LogP contribution is 2.27. The molecule has 0 spiro atoms. The minimum absolute atomic E-state index is 0.0345. The van der Waals surface area contributed by atoms with Crippen LogP contribution in [0, 0.1) is 13.8 Å². The SMILES string of the molecule is COc1ccc(CC[NH+](C)CC(=O)Nc2c(C)cccc2C)cc1OC. The number of likely N-dealkylation sites (N-methyl/N-ethyl adjacent to an activating group) is 1. The van der Waals surface area contributed by atoms with Gasteiger partial charge in [0.2, 0.25) is 0 Å². The van der Waals surface area contributed by atoms with E-state index >= 15 is 0 Å². The molecule has 0 saturated heterocycles. The van der Waals surface area contributed by atoms with Gasteiger partial charge in [-0.1, -0.05) is 24.3 Å². The van der Waals surface area contributed by atoms with E-state index in [-0.39, 0.29) is 5.91 Å². The standard InChI is InChI=1S/C21H28N2O3/c1-15-7-6-8-16(2)21(15)22-20(24)14-23(3)12-11-17-9-10-18(25-4)19(13-17)26-5/h6-10,13H,11-12,14H2,1-5H3,(H,22,24)/p+1. The second-order valence-corrected chi connectivity index (χ2v) is 6.64. The number of carbonyl (C=O) groups excluding carboxylic acids is 1. The number of hydrogen-bond donors (Lipinski definition) is 2. The van der Waals surface area contributed by atoms with Gasteiger partial charge in [0.15, 0.2) is 18.0 Å². The predicted molar refractivity (Wildman–Crippen MR) is 104 cm³/mol. The van der Waals surface area contributed by atoms with E-state index in [1.165, 1.54) is 0 Å². The zero-order valence-electron chi connectivity index (χ0n) is 16.3. The fourth-order valence-electron chi connectivity index (χ4n) is 2.95. The molecule has 2 aromatic carbocycles. The summed E-state index contributed by atoms with van der Waals surface area (Å²) in [6.07, 6.45) is 0.864. The molecule has 2 rings (SSSR count). The predicted octanol–water partition coefficient (Wildman–Crippen LogP) is 2.02. The largest absolute Gasteiger partial charge is 0.493 e. The van der Waals surface area contributed by atoms with Gasteiger partial charge >= 0.3 is 0 Å². The van der Waals surface area contributed by atoms with Crippen LogP contribution in [-0.2, 0) is 11.2 Å². The molecular weight excluding hydrogens is 328 g/mol. The van der Waals surface area contributed by atoms with Crippen LogP contribution in [0.5, 0.6) is 11.5 Å². The van der Waals surface area contributed by atoms with E-state index in [9.17, 15) is 4.79 Å². The van der Waals surface area contributed by atoms with Crippen molar-refractivity contribution in [2.45, 2.75) is 20.3 Å². The van der Waals surface area contributed by atoms with Crippen molar-refractivity contribution >= 4 is 11.6 Å². The van der Waals surface area contributed by atoms with E-state index in [1.54, 1.807) is 14.2 Å². The Hall–Kier alpha value is -2.53. The molecular formula is C21H29N2O3+. The van der Waals surface area contributed by atoms with E-state index < -0.39 is 0 Å². The quantitative estimate of drug-likeness (QED) is 0.760. The number of para-hydroxylation sites is 1. The zero-order valence-corrected chi connectivity index (χ0v) is 16.3. The Labute approximate surface area is 155 Å². The smallest absolute Gasteiger partial charge is 0.279 e. The molecule has 0 bridgehead atoms. The first-order valence-electron chi connectivity index (χ1n) is 8.83. The summed E-state index contributed by atoms with van der Waals surface area (Å²) in [6.45, 7) is 5.31. The summed E-state index contributed by atoms with van der Waals surface area (Å²) < 4.78 is 10.6. The second kappa shape index (κ2) is 9.25. The molecule has 140 valence electrons. The van der Waals surface area contributed by atoms with Gasteiger partial charge in [-0.3, -0.25) is 4.79 Å². The number of amides is 1. The number of nitrogens with one attached hydrogen (secondary N) is 2. The average Bonchev–Trinajstić information content (AvgIpc) is 2.62. The van der Waals surface area contributed by atoms with Crippen molar-refractivity contribution in [3.05, 3.63) is 53.1 Å². The summed E-state index contributed by atoms with van der Waals surface area (Å²) in [5.74, 6) is 1.49. The lowest BCUT2D eigenvalue weighted by Crippen LogP contribution is -3.10. The lowest BCUT2D eigenvalue weighted by Gasteiger charge is -2.16. The van der Waals surface area contributed by atoms with Crippen molar-refractivity contribution in [3.63, 3.8) is 0 Å². The van der Waals surface area contributed by atoms with Crippen LogP contribution in [0.2, 0.25) is 0 Å². The topological polar surface area (TPSA) is 52.0 Å². The number of ether oxygens (including phenoxy) is 2. The third-order valence-electron chi connectivity index (χ3n) is 4.50. The summed E-state index contributed by atoms with van der Waals surface area (Å²) in [5, 5.41) is 3.04. The number of hydrogen-bond acceptors (Lipinski definition) is 3. The number of aryl methyl sites for hydroxylation is 2. The Kier molecular flexibility index (Phi) is 7.04. The number of quaternary nitrogens is 1. The minimum atomic E-state index is 0.0345. The molecule has 0 aliphatic rings. The molecule has 26 heavy (non-hydrogen) atoms. The highest BCUT2D eigenvalue weighted by atomic mass is 16.5. The Morgan fingerprint density at radius 3 is 2.31 bits per heavy atom. The molecule has 1 atom stereocenters. The molecule has 0 aliphatic carbocycles. The van der Waals surface area contributed by atoms with Crippen molar-refractivity contribution in [2.75, 3.05) is 39.7 Å². The molecule has 2 N–H and O–H groups in total. The third-order valence-corrected chi connectivity index (χ3v) is 4.50. The molecule has 0 heterocycles. The van der Waals surface area contributed by atoms with Gasteiger partial charge in [0.25, 0.3) is 5.91 Å². The first kappa shape index (κ1) is 19.8. The van der Waals surface area contributed by atoms with Crippen LogP contribution in [0.25, 0.3) is 0 Å². The van der Waals surface area contributed by atoms with Crippen molar-refractivity contribution in [1.29, 1.82) is 0 Å². The van der Waals surface area contributed by atoms with Crippen molar-refractivity contribution in [2.24, 2.45) is 0 Å². The van der Waals surface area contributed by atoms with E-state index in [2.05, 4.69) is 5.32 Å². The molecule has 5 nitrogen and oxygen atoms in total. The normalized spacial score (nSPS) is 11.7. The van der Waals surface area contributed by atoms with E-state index in [0.29, 0.717) is 6.54 Å². The Morgan fingerprint density at radius 2 is 1.69 bits per heavy atom. The maximum absolute atomic E-state index is 12.4. The van der Waals surface area contributed by atoms with Gasteiger partial charge in [0.1, 0.15) is 0 Å². The molecule has 0 saturated carbocycles. The first-order chi connectivity index (χ1) is 12.4. The van der Waals surface area contributed by atoms with Gasteiger partial charge in [0, 0.05) is 12.1 Å². The highest BCUT2D eigenvalue weighted by Gasteiger charge is 2.13. The zero-order chi connectivity index (χ0) is 19.1. The van der Waals surface area contributed by atoms with E-state index in [4.69, 9.17) is 9.47 Å². The number of benzene rings is 2. The monoisotopic (exact) mass is 357 g/mol. The molecule has 0 aliphatic heterocycles. The van der Waals surface area contributed by atoms with Crippen LogP contribution in [0.1, 0.15) is 16.7 Å². The van der Waals surface area contributed by atoms with Crippen LogP contribution in [0.15, 0.2) is 36.4 Å². The summed E-state index contributed by atoms with van der Waals surface area (Å²) in [7, 11) is 5.30. The first-order valence-corrected chi connectivity index (χ1v) is 8.83. The Morgan fingerprint density at radius 1 is 1.04 bits per heavy atom. The maximum Gasteiger partial charge on any atom is 0.279 e. The molecule has 1 amide bonds. The van der Waals surface area contributed by atoms with Crippen LogP contribution in [-0.4, -0.2) is 40.3 Å². The number of methoxy groups -OCH3 is 2. The average molecular weight is 357 g/mol. The van der Waals surface area contributed by atoms with E-state index in [1.807, 2.05) is 57.3 Å². The second-order valence-electron chi connectivity index (χ2n) is 6.64. The minimum Gasteiger partial charge on any atom is -0.493 e. The van der Waals surface area contributed by atoms with Crippen LogP contribution in [0.3, 0.4) is 0 Å². The molecule has 1 unspecified atom stereocenters. The fraction of sp³-hybridized carbons (Fsp3) is 0.381. The highest BCUT2D eigenvalue weighted by molar-refractivity contribution is 5.93. The summed E-state index contributed by atoms with van der Waals surface area (Å²) >= 11 is 0. The molecule has 0 radical (unpaired) electrons. The Balaban J connectivity index is 1.88. The van der Waals surface area contributed by atoms with Gasteiger partial charge in [-0.2, -0.15) is 0 Å². The van der Waals surface area contributed by atoms with Crippen molar-refractivity contribution in [3.8, 4) is 11.5 Å². The third kappa shape index (κ3) is 5.23. The number of anilines is 1. The lowest BCUT2D eigenvalue weighted by atomic mass is 10.1. The lowest BCUT2D eigenvalue weighted by molar-refractivity contribution is -0.870. The van der Waals surface area contributed by atoms with Crippen molar-refractivity contribution in [1.82, 2.24) is 0 Å².